The number of fused-ring (bicyclic) bond motifs is 13. The van der Waals surface area contributed by atoms with Crippen LogP contribution in [0.25, 0.3) is 87.9 Å². The van der Waals surface area contributed by atoms with Crippen LogP contribution >= 0.6 is 0 Å². The average molecular weight is 574 g/mol. The van der Waals surface area contributed by atoms with Crippen LogP contribution in [0.3, 0.4) is 0 Å². The summed E-state index contributed by atoms with van der Waals surface area (Å²) in [6.07, 6.45) is 0. The van der Waals surface area contributed by atoms with E-state index in [4.69, 9.17) is 4.98 Å². The zero-order valence-electron chi connectivity index (χ0n) is 25.0. The molecule has 3 heterocycles. The minimum absolute atomic E-state index is 0.0491. The van der Waals surface area contributed by atoms with Gasteiger partial charge in [-0.25, -0.2) is 4.98 Å². The molecular formula is C42H27N3. The van der Waals surface area contributed by atoms with Gasteiger partial charge in [-0.05, 0) is 91.3 Å². The Bertz CT molecular complexity index is 2900. The summed E-state index contributed by atoms with van der Waals surface area (Å²) in [5.74, 6) is 0.965. The minimum atomic E-state index is -0.0491. The quantitative estimate of drug-likeness (QED) is 0.191. The molecule has 1 aliphatic carbocycles. The fourth-order valence-corrected chi connectivity index (χ4v) is 8.48. The van der Waals surface area contributed by atoms with E-state index >= 15 is 0 Å². The Morgan fingerprint density at radius 1 is 0.511 bits per heavy atom. The van der Waals surface area contributed by atoms with E-state index in [-0.39, 0.29) is 5.41 Å². The molecule has 0 amide bonds. The SMILES string of the molecule is CC1(C)c2ccccc2-c2c(-c3cc4c5cc6ccccc6cc5n5c4c(c3)n3c4cc6ccccc6cc4nc35)cccc21. The molecule has 0 radical (unpaired) electrons. The number of rotatable bonds is 1. The largest absolute Gasteiger partial charge is 0.277 e. The highest BCUT2D eigenvalue weighted by Crippen LogP contribution is 2.52. The summed E-state index contributed by atoms with van der Waals surface area (Å²) in [6, 6.07) is 47.2. The highest BCUT2D eigenvalue weighted by atomic mass is 15.2. The zero-order valence-corrected chi connectivity index (χ0v) is 25.0. The number of aromatic nitrogens is 3. The third kappa shape index (κ3) is 2.85. The van der Waals surface area contributed by atoms with E-state index in [0.29, 0.717) is 0 Å². The summed E-state index contributed by atoms with van der Waals surface area (Å²) < 4.78 is 4.79. The van der Waals surface area contributed by atoms with Crippen LogP contribution in [0.1, 0.15) is 25.0 Å². The number of benzene rings is 7. The van der Waals surface area contributed by atoms with Gasteiger partial charge < -0.3 is 0 Å². The highest BCUT2D eigenvalue weighted by molar-refractivity contribution is 6.20. The first kappa shape index (κ1) is 23.7. The fraction of sp³-hybridized carbons (Fsp3) is 0.0714. The van der Waals surface area contributed by atoms with E-state index in [2.05, 4.69) is 150 Å². The Balaban J connectivity index is 1.34. The van der Waals surface area contributed by atoms with Crippen molar-refractivity contribution in [2.45, 2.75) is 19.3 Å². The maximum absolute atomic E-state index is 5.32. The number of imidazole rings is 2. The van der Waals surface area contributed by atoms with Gasteiger partial charge in [-0.2, -0.15) is 0 Å². The van der Waals surface area contributed by atoms with Crippen LogP contribution in [0.4, 0.5) is 0 Å². The van der Waals surface area contributed by atoms with Gasteiger partial charge in [0.1, 0.15) is 0 Å². The second-order valence-electron chi connectivity index (χ2n) is 13.3. The van der Waals surface area contributed by atoms with Gasteiger partial charge in [0.25, 0.3) is 0 Å². The molecule has 10 aromatic rings. The molecule has 3 aromatic heterocycles. The summed E-state index contributed by atoms with van der Waals surface area (Å²) in [5.41, 5.74) is 13.8. The summed E-state index contributed by atoms with van der Waals surface area (Å²) in [7, 11) is 0. The Hall–Kier alpha value is -5.67. The van der Waals surface area contributed by atoms with E-state index in [1.807, 2.05) is 0 Å². The van der Waals surface area contributed by atoms with Crippen molar-refractivity contribution in [3.8, 4) is 22.3 Å². The van der Waals surface area contributed by atoms with Crippen molar-refractivity contribution in [3.05, 3.63) is 139 Å². The van der Waals surface area contributed by atoms with E-state index in [1.54, 1.807) is 0 Å². The molecule has 0 unspecified atom stereocenters. The summed E-state index contributed by atoms with van der Waals surface area (Å²) in [4.78, 5) is 5.32. The highest BCUT2D eigenvalue weighted by Gasteiger charge is 2.36. The lowest BCUT2D eigenvalue weighted by Crippen LogP contribution is -2.14. The normalized spacial score (nSPS) is 14.2. The molecule has 0 spiro atoms. The summed E-state index contributed by atoms with van der Waals surface area (Å²) in [6.45, 7) is 4.72. The minimum Gasteiger partial charge on any atom is -0.277 e. The van der Waals surface area contributed by atoms with Crippen LogP contribution in [-0.4, -0.2) is 13.8 Å². The van der Waals surface area contributed by atoms with Gasteiger partial charge in [-0.1, -0.05) is 105 Å². The predicted octanol–water partition coefficient (Wildman–Crippen LogP) is 10.8. The van der Waals surface area contributed by atoms with Gasteiger partial charge in [0.2, 0.25) is 5.78 Å². The molecule has 3 nitrogen and oxygen atoms in total. The zero-order chi connectivity index (χ0) is 29.6. The van der Waals surface area contributed by atoms with Crippen LogP contribution in [0.15, 0.2) is 127 Å². The lowest BCUT2D eigenvalue weighted by molar-refractivity contribution is 0.660. The van der Waals surface area contributed by atoms with E-state index in [0.717, 1.165) is 16.8 Å². The van der Waals surface area contributed by atoms with Gasteiger partial charge in [0, 0.05) is 16.2 Å². The number of hydrogen-bond donors (Lipinski definition) is 0. The second-order valence-corrected chi connectivity index (χ2v) is 13.3. The monoisotopic (exact) mass is 573 g/mol. The van der Waals surface area contributed by atoms with Gasteiger partial charge in [-0.15, -0.1) is 0 Å². The van der Waals surface area contributed by atoms with Gasteiger partial charge in [0.05, 0.1) is 27.6 Å². The molecule has 0 atom stereocenters. The standard InChI is InChI=1S/C42H27N3/c1-42(2)33-16-8-7-14-30(33)39-29(15-9-17-34(39)42)28-19-32-31-18-24-10-3-5-12-26(24)21-36(31)45-40(32)38(23-28)44-37-22-27-13-6-4-11-25(27)20-35(37)43-41(44)45/h3-23H,1-2H3. The third-order valence-electron chi connectivity index (χ3n) is 10.6. The maximum Gasteiger partial charge on any atom is 0.220 e. The molecule has 0 saturated carbocycles. The van der Waals surface area contributed by atoms with E-state index < -0.39 is 0 Å². The topological polar surface area (TPSA) is 21.7 Å². The second kappa shape index (κ2) is 7.88. The van der Waals surface area contributed by atoms with E-state index in [1.165, 1.54) is 82.2 Å². The van der Waals surface area contributed by atoms with Crippen LogP contribution in [0.5, 0.6) is 0 Å². The molecule has 0 saturated heterocycles. The van der Waals surface area contributed by atoms with Crippen molar-refractivity contribution in [1.82, 2.24) is 13.8 Å². The van der Waals surface area contributed by atoms with Crippen molar-refractivity contribution < 1.29 is 0 Å². The first-order chi connectivity index (χ1) is 22.1. The van der Waals surface area contributed by atoms with Crippen molar-refractivity contribution in [1.29, 1.82) is 0 Å². The Kier molecular flexibility index (Phi) is 4.16. The van der Waals surface area contributed by atoms with Crippen LogP contribution in [0, 0.1) is 0 Å². The Labute approximate surface area is 258 Å². The molecule has 1 aliphatic rings. The van der Waals surface area contributed by atoms with Crippen molar-refractivity contribution in [2.75, 3.05) is 0 Å². The molecule has 11 rings (SSSR count). The van der Waals surface area contributed by atoms with Crippen molar-refractivity contribution >= 4 is 65.7 Å². The molecule has 7 aromatic carbocycles. The van der Waals surface area contributed by atoms with Crippen molar-refractivity contribution in [3.63, 3.8) is 0 Å². The first-order valence-corrected chi connectivity index (χ1v) is 15.7. The van der Waals surface area contributed by atoms with Crippen LogP contribution in [-0.2, 0) is 5.41 Å². The molecule has 0 bridgehead atoms. The lowest BCUT2D eigenvalue weighted by Gasteiger charge is -2.21. The molecule has 0 N–H and O–H groups in total. The summed E-state index contributed by atoms with van der Waals surface area (Å²) >= 11 is 0. The molecular weight excluding hydrogens is 546 g/mol. The lowest BCUT2D eigenvalue weighted by atomic mass is 9.82. The molecule has 0 fully saturated rings. The molecule has 3 heteroatoms. The number of hydrogen-bond acceptors (Lipinski definition) is 1. The Morgan fingerprint density at radius 3 is 1.96 bits per heavy atom. The van der Waals surface area contributed by atoms with Gasteiger partial charge >= 0.3 is 0 Å². The molecule has 210 valence electrons. The van der Waals surface area contributed by atoms with Crippen LogP contribution in [0.2, 0.25) is 0 Å². The van der Waals surface area contributed by atoms with Gasteiger partial charge in [-0.3, -0.25) is 8.80 Å². The van der Waals surface area contributed by atoms with Crippen LogP contribution < -0.4 is 0 Å². The smallest absolute Gasteiger partial charge is 0.220 e. The molecule has 45 heavy (non-hydrogen) atoms. The predicted molar refractivity (Wildman–Crippen MR) is 188 cm³/mol. The Morgan fingerprint density at radius 2 is 1.16 bits per heavy atom. The van der Waals surface area contributed by atoms with E-state index in [9.17, 15) is 0 Å². The third-order valence-corrected chi connectivity index (χ3v) is 10.6. The van der Waals surface area contributed by atoms with Gasteiger partial charge in [0.15, 0.2) is 0 Å². The fourth-order valence-electron chi connectivity index (χ4n) is 8.48. The average Bonchev–Trinajstić information content (AvgIpc) is 3.76. The first-order valence-electron chi connectivity index (χ1n) is 15.7. The maximum atomic E-state index is 5.32. The summed E-state index contributed by atoms with van der Waals surface area (Å²) in [5, 5.41) is 7.48. The number of nitrogens with zero attached hydrogens (tertiary/aromatic N) is 3. The van der Waals surface area contributed by atoms with Crippen molar-refractivity contribution in [2.24, 2.45) is 0 Å². The molecule has 0 aliphatic heterocycles.